The third-order valence-corrected chi connectivity index (χ3v) is 4.52. The third kappa shape index (κ3) is 4.60. The minimum Gasteiger partial charge on any atom is -0.335 e. The Morgan fingerprint density at radius 2 is 1.86 bits per heavy atom. The predicted molar refractivity (Wildman–Crippen MR) is 96.4 cm³/mol. The maximum atomic E-state index is 13.3. The number of nitrogens with one attached hydrogen (secondary N) is 1. The van der Waals surface area contributed by atoms with Gasteiger partial charge < -0.3 is 11.2 Å². The molecule has 6 nitrogen and oxygen atoms in total. The van der Waals surface area contributed by atoms with Crippen LogP contribution in [0.15, 0.2) is 53.7 Å². The molecule has 0 aliphatic heterocycles. The van der Waals surface area contributed by atoms with Gasteiger partial charge in [-0.15, -0.1) is 10.2 Å². The lowest BCUT2D eigenvalue weighted by atomic mass is 10.2. The lowest BCUT2D eigenvalue weighted by molar-refractivity contribution is -0.137. The van der Waals surface area contributed by atoms with Gasteiger partial charge in [-0.1, -0.05) is 23.9 Å². The first-order chi connectivity index (χ1) is 13.2. The van der Waals surface area contributed by atoms with E-state index < -0.39 is 23.5 Å². The normalized spacial score (nSPS) is 11.4. The van der Waals surface area contributed by atoms with Crippen LogP contribution in [-0.4, -0.2) is 26.5 Å². The predicted octanol–water partition coefficient (Wildman–Crippen LogP) is 3.55. The largest absolute Gasteiger partial charge is 0.416 e. The summed E-state index contributed by atoms with van der Waals surface area (Å²) in [7, 11) is 0. The van der Waals surface area contributed by atoms with Gasteiger partial charge in [-0.25, -0.2) is 9.07 Å². The van der Waals surface area contributed by atoms with Crippen molar-refractivity contribution in [2.45, 2.75) is 11.3 Å². The van der Waals surface area contributed by atoms with Gasteiger partial charge in [0.15, 0.2) is 5.82 Å². The average Bonchev–Trinajstić information content (AvgIpc) is 3.00. The molecule has 1 aromatic heterocycles. The molecule has 2 aromatic carbocycles. The van der Waals surface area contributed by atoms with Crippen LogP contribution >= 0.6 is 11.8 Å². The highest BCUT2D eigenvalue weighted by Gasteiger charge is 2.30. The van der Waals surface area contributed by atoms with Gasteiger partial charge in [-0.3, -0.25) is 4.79 Å². The summed E-state index contributed by atoms with van der Waals surface area (Å²) < 4.78 is 52.1. The zero-order valence-corrected chi connectivity index (χ0v) is 14.9. The molecule has 0 radical (unpaired) electrons. The number of carbonyl (C=O) groups excluding carboxylic acids is 1. The molecule has 0 saturated heterocycles. The first kappa shape index (κ1) is 19.7. The number of amides is 1. The van der Waals surface area contributed by atoms with Gasteiger partial charge in [0.2, 0.25) is 11.1 Å². The lowest BCUT2D eigenvalue weighted by Crippen LogP contribution is -2.16. The first-order valence-corrected chi connectivity index (χ1v) is 8.79. The van der Waals surface area contributed by atoms with Crippen molar-refractivity contribution in [1.29, 1.82) is 0 Å². The summed E-state index contributed by atoms with van der Waals surface area (Å²) >= 11 is 0.980. The number of thioether (sulfide) groups is 1. The molecular formula is C17H13F4N5OS. The zero-order valence-electron chi connectivity index (χ0n) is 14.1. The van der Waals surface area contributed by atoms with Crippen molar-refractivity contribution in [2.24, 2.45) is 0 Å². The Kier molecular flexibility index (Phi) is 5.54. The van der Waals surface area contributed by atoms with E-state index in [4.69, 9.17) is 5.84 Å². The fourth-order valence-corrected chi connectivity index (χ4v) is 2.93. The molecule has 0 bridgehead atoms. The monoisotopic (exact) mass is 411 g/mol. The Bertz CT molecular complexity index is 988. The molecule has 3 rings (SSSR count). The number of nitrogens with two attached hydrogens (primary N) is 1. The molecular weight excluding hydrogens is 398 g/mol. The van der Waals surface area contributed by atoms with Crippen LogP contribution in [0.2, 0.25) is 0 Å². The SMILES string of the molecule is Nn1c(SCC(=O)Nc2ccc(C(F)(F)F)cc2)nnc1-c1cccc(F)c1. The molecule has 0 fully saturated rings. The van der Waals surface area contributed by atoms with Crippen LogP contribution in [-0.2, 0) is 11.0 Å². The van der Waals surface area contributed by atoms with Crippen LogP contribution in [0.4, 0.5) is 23.2 Å². The second-order valence-corrected chi connectivity index (χ2v) is 6.54. The number of hydrogen-bond donors (Lipinski definition) is 2. The number of rotatable bonds is 5. The zero-order chi connectivity index (χ0) is 20.3. The summed E-state index contributed by atoms with van der Waals surface area (Å²) in [6.45, 7) is 0. The van der Waals surface area contributed by atoms with Gasteiger partial charge in [0.1, 0.15) is 5.82 Å². The summed E-state index contributed by atoms with van der Waals surface area (Å²) in [5.41, 5.74) is -0.148. The average molecular weight is 411 g/mol. The van der Waals surface area contributed by atoms with Gasteiger partial charge in [0.25, 0.3) is 0 Å². The van der Waals surface area contributed by atoms with Crippen molar-refractivity contribution < 1.29 is 22.4 Å². The van der Waals surface area contributed by atoms with E-state index in [1.54, 1.807) is 6.07 Å². The summed E-state index contributed by atoms with van der Waals surface area (Å²) in [4.78, 5) is 12.0. The molecule has 0 spiro atoms. The quantitative estimate of drug-likeness (QED) is 0.381. The molecule has 146 valence electrons. The maximum Gasteiger partial charge on any atom is 0.416 e. The third-order valence-electron chi connectivity index (χ3n) is 3.58. The van der Waals surface area contributed by atoms with Crippen LogP contribution in [0, 0.1) is 5.82 Å². The van der Waals surface area contributed by atoms with E-state index in [1.807, 2.05) is 0 Å². The van der Waals surface area contributed by atoms with E-state index in [0.717, 1.165) is 28.6 Å². The molecule has 0 aliphatic rings. The Labute approximate surface area is 160 Å². The van der Waals surface area contributed by atoms with E-state index in [0.29, 0.717) is 5.56 Å². The molecule has 11 heteroatoms. The van der Waals surface area contributed by atoms with Crippen molar-refractivity contribution in [3.63, 3.8) is 0 Å². The van der Waals surface area contributed by atoms with Crippen molar-refractivity contribution in [3.05, 3.63) is 59.9 Å². The molecule has 1 amide bonds. The van der Waals surface area contributed by atoms with Crippen LogP contribution < -0.4 is 11.2 Å². The second kappa shape index (κ2) is 7.89. The maximum absolute atomic E-state index is 13.3. The first-order valence-electron chi connectivity index (χ1n) is 7.80. The highest BCUT2D eigenvalue weighted by molar-refractivity contribution is 7.99. The molecule has 3 aromatic rings. The number of benzene rings is 2. The van der Waals surface area contributed by atoms with Gasteiger partial charge >= 0.3 is 6.18 Å². The van der Waals surface area contributed by atoms with Crippen LogP contribution in [0.1, 0.15) is 5.56 Å². The second-order valence-electron chi connectivity index (χ2n) is 5.60. The number of hydrogen-bond acceptors (Lipinski definition) is 5. The molecule has 0 atom stereocenters. The van der Waals surface area contributed by atoms with Gasteiger partial charge in [-0.05, 0) is 36.4 Å². The molecule has 0 saturated carbocycles. The summed E-state index contributed by atoms with van der Waals surface area (Å²) in [5.74, 6) is 5.11. The number of anilines is 1. The topological polar surface area (TPSA) is 85.8 Å². The minimum atomic E-state index is -4.44. The number of alkyl halides is 3. The van der Waals surface area contributed by atoms with E-state index in [-0.39, 0.29) is 22.4 Å². The molecule has 0 aliphatic carbocycles. The highest BCUT2D eigenvalue weighted by atomic mass is 32.2. The number of nitrogens with zero attached hydrogens (tertiary/aromatic N) is 3. The number of aromatic nitrogens is 3. The fraction of sp³-hybridized carbons (Fsp3) is 0.118. The Hall–Kier alpha value is -3.08. The number of nitrogen functional groups attached to an aromatic ring is 1. The minimum absolute atomic E-state index is 0.0977. The smallest absolute Gasteiger partial charge is 0.335 e. The van der Waals surface area contributed by atoms with Crippen LogP contribution in [0.5, 0.6) is 0 Å². The van der Waals surface area contributed by atoms with E-state index in [2.05, 4.69) is 15.5 Å². The standard InChI is InChI=1S/C17H13F4N5OS/c18-12-3-1-2-10(8-12)15-24-25-16(26(15)22)28-9-14(27)23-13-6-4-11(5-7-13)17(19,20)21/h1-8H,9,22H2,(H,23,27). The number of halogens is 4. The summed E-state index contributed by atoms with van der Waals surface area (Å²) in [5, 5.41) is 10.5. The van der Waals surface area contributed by atoms with Gasteiger partial charge in [0, 0.05) is 11.3 Å². The molecule has 1 heterocycles. The van der Waals surface area contributed by atoms with Crippen molar-refractivity contribution in [1.82, 2.24) is 14.9 Å². The fourth-order valence-electron chi connectivity index (χ4n) is 2.27. The Morgan fingerprint density at radius 1 is 1.14 bits per heavy atom. The van der Waals surface area contributed by atoms with E-state index in [1.165, 1.54) is 30.3 Å². The van der Waals surface area contributed by atoms with Crippen molar-refractivity contribution >= 4 is 23.4 Å². The van der Waals surface area contributed by atoms with Crippen molar-refractivity contribution in [2.75, 3.05) is 16.9 Å². The van der Waals surface area contributed by atoms with Crippen LogP contribution in [0.25, 0.3) is 11.4 Å². The summed E-state index contributed by atoms with van der Waals surface area (Å²) in [6, 6.07) is 9.74. The van der Waals surface area contributed by atoms with Gasteiger partial charge in [-0.2, -0.15) is 13.2 Å². The van der Waals surface area contributed by atoms with E-state index in [9.17, 15) is 22.4 Å². The summed E-state index contributed by atoms with van der Waals surface area (Å²) in [6.07, 6.45) is -4.44. The lowest BCUT2D eigenvalue weighted by Gasteiger charge is -2.08. The Morgan fingerprint density at radius 3 is 2.50 bits per heavy atom. The molecule has 0 unspecified atom stereocenters. The van der Waals surface area contributed by atoms with E-state index >= 15 is 0 Å². The molecule has 3 N–H and O–H groups in total. The highest BCUT2D eigenvalue weighted by Crippen LogP contribution is 2.30. The van der Waals surface area contributed by atoms with Crippen molar-refractivity contribution in [3.8, 4) is 11.4 Å². The number of carbonyl (C=O) groups is 1. The molecule has 28 heavy (non-hydrogen) atoms. The Balaban J connectivity index is 1.61. The van der Waals surface area contributed by atoms with Crippen LogP contribution in [0.3, 0.4) is 0 Å². The van der Waals surface area contributed by atoms with Gasteiger partial charge in [0.05, 0.1) is 11.3 Å².